The van der Waals surface area contributed by atoms with Gasteiger partial charge in [0.2, 0.25) is 0 Å². The number of nitrogens with zero attached hydrogens (tertiary/aromatic N) is 1. The fourth-order valence-electron chi connectivity index (χ4n) is 1.36. The molecule has 6 heteroatoms. The summed E-state index contributed by atoms with van der Waals surface area (Å²) in [5.41, 5.74) is -0.271. The molecule has 0 aliphatic rings. The summed E-state index contributed by atoms with van der Waals surface area (Å²) >= 11 is 0. The first-order valence-corrected chi connectivity index (χ1v) is 6.43. The minimum atomic E-state index is -1.07. The molecule has 0 aliphatic heterocycles. The van der Waals surface area contributed by atoms with Crippen molar-refractivity contribution in [2.75, 3.05) is 6.54 Å². The van der Waals surface area contributed by atoms with Gasteiger partial charge in [0.15, 0.2) is 0 Å². The average Bonchev–Trinajstić information content (AvgIpc) is 2.36. The maximum Gasteiger partial charge on any atom is 0.407 e. The molecule has 1 aromatic rings. The van der Waals surface area contributed by atoms with Crippen molar-refractivity contribution in [1.82, 2.24) is 10.3 Å². The number of hydrogen-bond donors (Lipinski definition) is 2. The highest BCUT2D eigenvalue weighted by atomic mass is 16.6. The molecule has 0 unspecified atom stereocenters. The first-order chi connectivity index (χ1) is 9.79. The number of carboxylic acids is 1. The normalized spacial score (nSPS) is 10.2. The van der Waals surface area contributed by atoms with Crippen LogP contribution in [0, 0.1) is 11.8 Å². The number of rotatable bonds is 3. The number of hydrogen-bond acceptors (Lipinski definition) is 4. The van der Waals surface area contributed by atoms with Gasteiger partial charge in [-0.15, -0.1) is 0 Å². The van der Waals surface area contributed by atoms with E-state index >= 15 is 0 Å². The first-order valence-electron chi connectivity index (χ1n) is 6.43. The molecule has 0 fully saturated rings. The van der Waals surface area contributed by atoms with Crippen LogP contribution >= 0.6 is 0 Å². The number of carboxylic acid groups (broad SMARTS) is 1. The van der Waals surface area contributed by atoms with Gasteiger partial charge in [-0.05, 0) is 38.8 Å². The predicted molar refractivity (Wildman–Crippen MR) is 76.9 cm³/mol. The lowest BCUT2D eigenvalue weighted by Crippen LogP contribution is -2.32. The van der Waals surface area contributed by atoms with Crippen LogP contribution in [0.15, 0.2) is 18.3 Å². The van der Waals surface area contributed by atoms with Crippen molar-refractivity contribution in [2.45, 2.75) is 32.8 Å². The van der Waals surface area contributed by atoms with Crippen molar-refractivity contribution < 1.29 is 19.4 Å². The van der Waals surface area contributed by atoms with E-state index in [1.165, 1.54) is 12.3 Å². The Morgan fingerprint density at radius 1 is 1.43 bits per heavy atom. The van der Waals surface area contributed by atoms with E-state index in [4.69, 9.17) is 9.84 Å². The van der Waals surface area contributed by atoms with Gasteiger partial charge < -0.3 is 15.2 Å². The second-order valence-corrected chi connectivity index (χ2v) is 5.19. The Balaban J connectivity index is 2.48. The molecule has 0 saturated carbocycles. The van der Waals surface area contributed by atoms with E-state index in [9.17, 15) is 9.59 Å². The smallest absolute Gasteiger partial charge is 0.407 e. The van der Waals surface area contributed by atoms with Gasteiger partial charge in [-0.2, -0.15) is 0 Å². The zero-order valence-corrected chi connectivity index (χ0v) is 12.3. The summed E-state index contributed by atoms with van der Waals surface area (Å²) in [7, 11) is 0. The molecule has 1 rings (SSSR count). The molecule has 0 saturated heterocycles. The van der Waals surface area contributed by atoms with Crippen LogP contribution in [0.25, 0.3) is 0 Å². The van der Waals surface area contributed by atoms with Crippen molar-refractivity contribution >= 4 is 12.1 Å². The number of aromatic carboxylic acids is 1. The molecular weight excluding hydrogens is 272 g/mol. The number of amides is 1. The molecule has 0 bridgehead atoms. The highest BCUT2D eigenvalue weighted by Crippen LogP contribution is 2.06. The third-order valence-corrected chi connectivity index (χ3v) is 2.16. The van der Waals surface area contributed by atoms with E-state index in [0.29, 0.717) is 13.0 Å². The van der Waals surface area contributed by atoms with Gasteiger partial charge in [0.1, 0.15) is 11.3 Å². The molecule has 1 heterocycles. The number of carbonyl (C=O) groups is 2. The first kappa shape index (κ1) is 16.5. The molecule has 0 spiro atoms. The zero-order chi connectivity index (χ0) is 15.9. The Kier molecular flexibility index (Phi) is 5.73. The number of aromatic nitrogens is 1. The number of ether oxygens (including phenoxy) is 1. The molecule has 6 nitrogen and oxygen atoms in total. The van der Waals surface area contributed by atoms with Crippen LogP contribution in [0.1, 0.15) is 43.2 Å². The van der Waals surface area contributed by atoms with E-state index in [1.807, 2.05) is 0 Å². The molecule has 1 amide bonds. The Morgan fingerprint density at radius 2 is 2.14 bits per heavy atom. The van der Waals surface area contributed by atoms with Gasteiger partial charge in [0.05, 0.1) is 5.56 Å². The van der Waals surface area contributed by atoms with Crippen molar-refractivity contribution in [3.8, 4) is 11.8 Å². The molecule has 0 aromatic carbocycles. The minimum Gasteiger partial charge on any atom is -0.478 e. The second-order valence-electron chi connectivity index (χ2n) is 5.19. The summed E-state index contributed by atoms with van der Waals surface area (Å²) in [6.45, 7) is 5.65. The van der Waals surface area contributed by atoms with Crippen LogP contribution in [0.4, 0.5) is 4.79 Å². The Hall–Kier alpha value is -2.55. The topological polar surface area (TPSA) is 88.5 Å². The molecule has 2 N–H and O–H groups in total. The van der Waals surface area contributed by atoms with E-state index in [-0.39, 0.29) is 11.3 Å². The molecular formula is C15H18N2O4. The van der Waals surface area contributed by atoms with Crippen molar-refractivity contribution in [1.29, 1.82) is 0 Å². The maximum atomic E-state index is 11.4. The van der Waals surface area contributed by atoms with Gasteiger partial charge >= 0.3 is 12.1 Å². The van der Waals surface area contributed by atoms with Crippen LogP contribution in [0.3, 0.4) is 0 Å². The van der Waals surface area contributed by atoms with E-state index in [2.05, 4.69) is 22.1 Å². The van der Waals surface area contributed by atoms with Gasteiger partial charge in [0, 0.05) is 19.2 Å². The molecule has 0 aliphatic carbocycles. The predicted octanol–water partition coefficient (Wildman–Crippen LogP) is 2.05. The summed E-state index contributed by atoms with van der Waals surface area (Å²) in [5, 5.41) is 11.5. The van der Waals surface area contributed by atoms with Gasteiger partial charge in [-0.3, -0.25) is 0 Å². The lowest BCUT2D eigenvalue weighted by Gasteiger charge is -2.19. The average molecular weight is 290 g/mol. The Morgan fingerprint density at radius 3 is 2.76 bits per heavy atom. The Labute approximate surface area is 123 Å². The van der Waals surface area contributed by atoms with E-state index < -0.39 is 17.7 Å². The Bertz CT molecular complexity index is 579. The van der Waals surface area contributed by atoms with Crippen molar-refractivity contribution in [2.24, 2.45) is 0 Å². The summed E-state index contributed by atoms with van der Waals surface area (Å²) in [5.74, 6) is 4.38. The fraction of sp³-hybridized carbons (Fsp3) is 0.400. The highest BCUT2D eigenvalue weighted by Gasteiger charge is 2.15. The maximum absolute atomic E-state index is 11.4. The van der Waals surface area contributed by atoms with Crippen LogP contribution in [0.5, 0.6) is 0 Å². The fourth-order valence-corrected chi connectivity index (χ4v) is 1.36. The molecule has 0 atom stereocenters. The standard InChI is InChI=1S/C15H18N2O4/c1-15(2,3)21-14(20)17-9-5-4-8-12-11(13(18)19)7-6-10-16-12/h6-7,10H,5,9H2,1-3H3,(H,17,20)(H,18,19). The molecule has 21 heavy (non-hydrogen) atoms. The summed E-state index contributed by atoms with van der Waals surface area (Å²) in [6.07, 6.45) is 1.35. The minimum absolute atomic E-state index is 0.0603. The second kappa shape index (κ2) is 7.29. The van der Waals surface area contributed by atoms with Gasteiger partial charge in [0.25, 0.3) is 0 Å². The summed E-state index contributed by atoms with van der Waals surface area (Å²) < 4.78 is 5.06. The van der Waals surface area contributed by atoms with Crippen LogP contribution < -0.4 is 5.32 Å². The van der Waals surface area contributed by atoms with Crippen molar-refractivity contribution in [3.05, 3.63) is 29.6 Å². The monoisotopic (exact) mass is 290 g/mol. The molecule has 0 radical (unpaired) electrons. The lowest BCUT2D eigenvalue weighted by atomic mass is 10.2. The number of pyridine rings is 1. The van der Waals surface area contributed by atoms with Gasteiger partial charge in [-0.25, -0.2) is 14.6 Å². The molecule has 1 aromatic heterocycles. The SMILES string of the molecule is CC(C)(C)OC(=O)NCCC#Cc1ncccc1C(=O)O. The summed E-state index contributed by atoms with van der Waals surface area (Å²) in [4.78, 5) is 26.2. The van der Waals surface area contributed by atoms with Crippen molar-refractivity contribution in [3.63, 3.8) is 0 Å². The quantitative estimate of drug-likeness (QED) is 0.657. The number of nitrogens with one attached hydrogen (secondary N) is 1. The zero-order valence-electron chi connectivity index (χ0n) is 12.3. The summed E-state index contributed by atoms with van der Waals surface area (Å²) in [6, 6.07) is 2.98. The van der Waals surface area contributed by atoms with E-state index in [0.717, 1.165) is 0 Å². The third-order valence-electron chi connectivity index (χ3n) is 2.16. The largest absolute Gasteiger partial charge is 0.478 e. The lowest BCUT2D eigenvalue weighted by molar-refractivity contribution is 0.0528. The highest BCUT2D eigenvalue weighted by molar-refractivity contribution is 5.89. The van der Waals surface area contributed by atoms with Crippen LogP contribution in [-0.4, -0.2) is 34.3 Å². The third kappa shape index (κ3) is 6.43. The number of alkyl carbamates (subject to hydrolysis) is 1. The van der Waals surface area contributed by atoms with Crippen LogP contribution in [-0.2, 0) is 4.74 Å². The number of carbonyl (C=O) groups excluding carboxylic acids is 1. The van der Waals surface area contributed by atoms with Gasteiger partial charge in [-0.1, -0.05) is 5.92 Å². The molecule has 112 valence electrons. The van der Waals surface area contributed by atoms with E-state index in [1.54, 1.807) is 26.8 Å². The van der Waals surface area contributed by atoms with Crippen LogP contribution in [0.2, 0.25) is 0 Å².